The van der Waals surface area contributed by atoms with Crippen molar-refractivity contribution in [1.29, 1.82) is 0 Å². The highest BCUT2D eigenvalue weighted by molar-refractivity contribution is 14.1. The highest BCUT2D eigenvalue weighted by Crippen LogP contribution is 2.29. The van der Waals surface area contributed by atoms with Crippen molar-refractivity contribution in [3.63, 3.8) is 0 Å². The predicted octanol–water partition coefficient (Wildman–Crippen LogP) is 3.23. The lowest BCUT2D eigenvalue weighted by Gasteiger charge is -2.43. The number of anilines is 1. The lowest BCUT2D eigenvalue weighted by Crippen LogP contribution is -2.51. The van der Waals surface area contributed by atoms with Crippen LogP contribution >= 0.6 is 23.0 Å². The van der Waals surface area contributed by atoms with Crippen LogP contribution < -0.4 is 10.9 Å². The molecule has 1 saturated heterocycles. The van der Waals surface area contributed by atoms with Crippen LogP contribution in [0.5, 0.6) is 0 Å². The number of aromatic amines is 1. The van der Waals surface area contributed by atoms with Crippen molar-refractivity contribution >= 4 is 40.1 Å². The number of nitrogens with one attached hydrogen (secondary N) is 2. The van der Waals surface area contributed by atoms with E-state index in [1.54, 1.807) is 6.33 Å². The third-order valence-electron chi connectivity index (χ3n) is 6.08. The monoisotopic (exact) mass is 530 g/mol. The summed E-state index contributed by atoms with van der Waals surface area (Å²) in [7, 11) is 0. The fraction of sp³-hybridized carbons (Fsp3) is 0.750. The molecule has 1 saturated carbocycles. The van der Waals surface area contributed by atoms with E-state index in [-0.39, 0.29) is 17.9 Å². The number of nitrogens with zero attached hydrogens (tertiary/aromatic N) is 4. The number of ether oxygens (including phenoxy) is 1. The minimum Gasteiger partial charge on any atom is -0.356 e. The van der Waals surface area contributed by atoms with Gasteiger partial charge in [0, 0.05) is 25.7 Å². The van der Waals surface area contributed by atoms with Crippen molar-refractivity contribution in [2.24, 2.45) is 0 Å². The smallest absolute Gasteiger partial charge is 0.280 e. The number of fused-ring (bicyclic) bond motifs is 1. The molecule has 1 aliphatic carbocycles. The van der Waals surface area contributed by atoms with Crippen LogP contribution in [0.1, 0.15) is 58.1 Å². The molecular formula is C20H31IN6O3. The quantitative estimate of drug-likeness (QED) is 0.400. The van der Waals surface area contributed by atoms with Crippen LogP contribution in [0.4, 0.5) is 5.95 Å². The standard InChI is InChI=1S/C20H31IN6O3/c1-2-3-9-22-20-24-18-17(19(28)25-20)23-13-27(18)16-11-26(10-15(30-16)12-29-21)14-7-5-4-6-8-14/h13-16H,2-12H2,1H3,(H2,22,24,25,28). The first-order chi connectivity index (χ1) is 14.7. The topological polar surface area (TPSA) is 97.3 Å². The van der Waals surface area contributed by atoms with Gasteiger partial charge in [-0.1, -0.05) is 32.6 Å². The maximum absolute atomic E-state index is 12.5. The van der Waals surface area contributed by atoms with Crippen LogP contribution in [-0.4, -0.2) is 62.8 Å². The van der Waals surface area contributed by atoms with Gasteiger partial charge in [0.15, 0.2) is 11.2 Å². The minimum atomic E-state index is -0.250. The van der Waals surface area contributed by atoms with E-state index in [9.17, 15) is 4.79 Å². The molecule has 3 heterocycles. The van der Waals surface area contributed by atoms with Gasteiger partial charge in [0.25, 0.3) is 5.56 Å². The van der Waals surface area contributed by atoms with Gasteiger partial charge < -0.3 is 13.1 Å². The minimum absolute atomic E-state index is 0.0239. The number of H-pyrrole nitrogens is 1. The second kappa shape index (κ2) is 10.4. The van der Waals surface area contributed by atoms with E-state index < -0.39 is 0 Å². The number of hydrogen-bond donors (Lipinski definition) is 2. The molecule has 2 atom stereocenters. The predicted molar refractivity (Wildman–Crippen MR) is 124 cm³/mol. The summed E-state index contributed by atoms with van der Waals surface area (Å²) in [5, 5.41) is 3.21. The Morgan fingerprint density at radius 2 is 2.17 bits per heavy atom. The van der Waals surface area contributed by atoms with Gasteiger partial charge in [0.2, 0.25) is 5.95 Å². The van der Waals surface area contributed by atoms with Gasteiger partial charge in [-0.15, -0.1) is 0 Å². The molecule has 30 heavy (non-hydrogen) atoms. The molecule has 2 unspecified atom stereocenters. The molecule has 2 aromatic rings. The molecule has 10 heteroatoms. The van der Waals surface area contributed by atoms with Crippen LogP contribution in [0.2, 0.25) is 0 Å². The van der Waals surface area contributed by atoms with Crippen molar-refractivity contribution in [2.75, 3.05) is 31.6 Å². The van der Waals surface area contributed by atoms with Crippen molar-refractivity contribution in [2.45, 2.75) is 70.2 Å². The molecule has 0 spiro atoms. The number of hydrogen-bond acceptors (Lipinski definition) is 7. The van der Waals surface area contributed by atoms with Crippen LogP contribution in [0, 0.1) is 0 Å². The van der Waals surface area contributed by atoms with E-state index >= 15 is 0 Å². The Balaban J connectivity index is 1.60. The molecule has 9 nitrogen and oxygen atoms in total. The van der Waals surface area contributed by atoms with E-state index in [0.29, 0.717) is 29.8 Å². The first kappa shape index (κ1) is 22.0. The molecule has 0 amide bonds. The molecule has 2 aromatic heterocycles. The van der Waals surface area contributed by atoms with Crippen molar-refractivity contribution in [3.8, 4) is 0 Å². The lowest BCUT2D eigenvalue weighted by molar-refractivity contribution is -0.138. The molecule has 2 aliphatic rings. The number of rotatable bonds is 8. The summed E-state index contributed by atoms with van der Waals surface area (Å²) in [5.41, 5.74) is 0.670. The number of aromatic nitrogens is 4. The zero-order valence-electron chi connectivity index (χ0n) is 17.5. The van der Waals surface area contributed by atoms with Gasteiger partial charge >= 0.3 is 0 Å². The molecule has 166 valence electrons. The number of morpholine rings is 1. The highest BCUT2D eigenvalue weighted by atomic mass is 127. The Kier molecular flexibility index (Phi) is 7.60. The third kappa shape index (κ3) is 4.97. The molecule has 0 aromatic carbocycles. The summed E-state index contributed by atoms with van der Waals surface area (Å²) in [6.07, 6.45) is 9.87. The Morgan fingerprint density at radius 3 is 2.93 bits per heavy atom. The van der Waals surface area contributed by atoms with Gasteiger partial charge in [0.1, 0.15) is 29.2 Å². The van der Waals surface area contributed by atoms with E-state index in [2.05, 4.69) is 32.1 Å². The van der Waals surface area contributed by atoms with Crippen LogP contribution in [0.3, 0.4) is 0 Å². The van der Waals surface area contributed by atoms with Gasteiger partial charge in [-0.25, -0.2) is 4.98 Å². The fourth-order valence-corrected chi connectivity index (χ4v) is 4.91. The van der Waals surface area contributed by atoms with Crippen molar-refractivity contribution in [3.05, 3.63) is 16.7 Å². The summed E-state index contributed by atoms with van der Waals surface area (Å²) in [6, 6.07) is 0.583. The van der Waals surface area contributed by atoms with E-state index in [0.717, 1.165) is 32.5 Å². The maximum atomic E-state index is 12.5. The van der Waals surface area contributed by atoms with E-state index in [1.165, 1.54) is 32.1 Å². The highest BCUT2D eigenvalue weighted by Gasteiger charge is 2.34. The molecule has 4 rings (SSSR count). The molecule has 0 radical (unpaired) electrons. The molecular weight excluding hydrogens is 499 g/mol. The summed E-state index contributed by atoms with van der Waals surface area (Å²) in [6.45, 7) is 5.06. The van der Waals surface area contributed by atoms with Gasteiger partial charge in [-0.05, 0) is 19.3 Å². The van der Waals surface area contributed by atoms with Gasteiger partial charge in [-0.2, -0.15) is 4.98 Å². The zero-order valence-corrected chi connectivity index (χ0v) is 19.6. The Bertz CT molecular complexity index is 881. The van der Waals surface area contributed by atoms with Crippen LogP contribution in [-0.2, 0) is 7.80 Å². The third-order valence-corrected chi connectivity index (χ3v) is 6.44. The largest absolute Gasteiger partial charge is 0.356 e. The molecule has 2 N–H and O–H groups in total. The summed E-state index contributed by atoms with van der Waals surface area (Å²) < 4.78 is 13.6. The summed E-state index contributed by atoms with van der Waals surface area (Å²) in [5.74, 6) is 0.481. The fourth-order valence-electron chi connectivity index (χ4n) is 4.51. The van der Waals surface area contributed by atoms with Crippen molar-refractivity contribution in [1.82, 2.24) is 24.4 Å². The van der Waals surface area contributed by atoms with Gasteiger partial charge in [-0.3, -0.25) is 19.2 Å². The average molecular weight is 530 g/mol. The number of halogens is 1. The van der Waals surface area contributed by atoms with E-state index in [1.807, 2.05) is 27.6 Å². The normalized spacial score (nSPS) is 23.8. The van der Waals surface area contributed by atoms with Crippen LogP contribution in [0.25, 0.3) is 11.2 Å². The lowest BCUT2D eigenvalue weighted by atomic mass is 9.93. The number of unbranched alkanes of at least 4 members (excludes halogenated alkanes) is 1. The first-order valence-electron chi connectivity index (χ1n) is 11.0. The van der Waals surface area contributed by atoms with E-state index in [4.69, 9.17) is 7.80 Å². The average Bonchev–Trinajstić information content (AvgIpc) is 3.19. The molecule has 2 fully saturated rings. The molecule has 0 bridgehead atoms. The second-order valence-corrected chi connectivity index (χ2v) is 8.88. The second-order valence-electron chi connectivity index (χ2n) is 8.25. The Hall–Kier alpha value is -1.24. The summed E-state index contributed by atoms with van der Waals surface area (Å²) >= 11 is 1.93. The van der Waals surface area contributed by atoms with Gasteiger partial charge in [0.05, 0.1) is 19.0 Å². The zero-order chi connectivity index (χ0) is 20.9. The number of imidazole rings is 1. The first-order valence-corrected chi connectivity index (χ1v) is 11.9. The maximum Gasteiger partial charge on any atom is 0.280 e. The summed E-state index contributed by atoms with van der Waals surface area (Å²) in [4.78, 5) is 26.8. The molecule has 1 aliphatic heterocycles. The Morgan fingerprint density at radius 1 is 1.33 bits per heavy atom. The SMILES string of the molecule is CCCCNc1nc2c(ncn2C2CN(C3CCCCC3)CC(COI)O2)c(=O)[nH]1. The van der Waals surface area contributed by atoms with Crippen molar-refractivity contribution < 1.29 is 7.80 Å². The van der Waals surface area contributed by atoms with Crippen LogP contribution in [0.15, 0.2) is 11.1 Å². The Labute approximate surface area is 190 Å².